The lowest BCUT2D eigenvalue weighted by atomic mass is 9.65. The minimum absolute atomic E-state index is 0. The first-order valence-electron chi connectivity index (χ1n) is 9.72. The first kappa shape index (κ1) is 21.1. The summed E-state index contributed by atoms with van der Waals surface area (Å²) in [5, 5.41) is 7.65. The van der Waals surface area contributed by atoms with Crippen molar-refractivity contribution in [2.24, 2.45) is 23.5 Å². The zero-order valence-corrected chi connectivity index (χ0v) is 17.2. The van der Waals surface area contributed by atoms with Crippen molar-refractivity contribution in [2.45, 2.75) is 44.6 Å². The highest BCUT2D eigenvalue weighted by atomic mass is 35.5. The molecule has 152 valence electrons. The maximum Gasteiger partial charge on any atom is 0.228 e. The van der Waals surface area contributed by atoms with Gasteiger partial charge in [-0.15, -0.1) is 12.4 Å². The van der Waals surface area contributed by atoms with Gasteiger partial charge in [0.1, 0.15) is 0 Å². The summed E-state index contributed by atoms with van der Waals surface area (Å²) in [6.45, 7) is 0.494. The van der Waals surface area contributed by atoms with Crippen LogP contribution in [-0.2, 0) is 11.2 Å². The van der Waals surface area contributed by atoms with Crippen molar-refractivity contribution in [1.82, 2.24) is 15.5 Å². The summed E-state index contributed by atoms with van der Waals surface area (Å²) < 4.78 is 5.29. The molecule has 6 nitrogen and oxygen atoms in total. The minimum Gasteiger partial charge on any atom is -0.355 e. The number of nitrogens with two attached hydrogens (primary N) is 1. The van der Waals surface area contributed by atoms with Gasteiger partial charge in [-0.1, -0.05) is 35.3 Å². The van der Waals surface area contributed by atoms with E-state index in [1.54, 1.807) is 12.1 Å². The third-order valence-electron chi connectivity index (χ3n) is 5.97. The molecule has 1 aromatic carbocycles. The van der Waals surface area contributed by atoms with E-state index < -0.39 is 0 Å². The SMILES string of the molecule is Cl.NC1C2CCCC1CC(C(=O)NCCc1nc(-c3cccc(Cl)c3)no1)C2. The number of halogens is 2. The summed E-state index contributed by atoms with van der Waals surface area (Å²) in [5.74, 6) is 2.24. The second-order valence-electron chi connectivity index (χ2n) is 7.76. The Labute approximate surface area is 176 Å². The molecule has 2 fully saturated rings. The van der Waals surface area contributed by atoms with E-state index in [0.717, 1.165) is 31.2 Å². The Hall–Kier alpha value is -1.63. The van der Waals surface area contributed by atoms with Crippen LogP contribution >= 0.6 is 24.0 Å². The molecule has 1 heterocycles. The number of rotatable bonds is 5. The van der Waals surface area contributed by atoms with Crippen LogP contribution in [0.15, 0.2) is 28.8 Å². The summed E-state index contributed by atoms with van der Waals surface area (Å²) in [4.78, 5) is 16.9. The Morgan fingerprint density at radius 2 is 2.04 bits per heavy atom. The molecule has 0 aliphatic heterocycles. The average Bonchev–Trinajstić information content (AvgIpc) is 3.10. The van der Waals surface area contributed by atoms with Gasteiger partial charge in [-0.2, -0.15) is 4.98 Å². The van der Waals surface area contributed by atoms with Crippen LogP contribution in [-0.4, -0.2) is 28.6 Å². The van der Waals surface area contributed by atoms with Gasteiger partial charge in [0.15, 0.2) is 0 Å². The molecule has 8 heteroatoms. The van der Waals surface area contributed by atoms with Crippen LogP contribution in [0.25, 0.3) is 11.4 Å². The Morgan fingerprint density at radius 3 is 2.75 bits per heavy atom. The summed E-state index contributed by atoms with van der Waals surface area (Å²) in [6, 6.07) is 7.61. The van der Waals surface area contributed by atoms with E-state index in [1.807, 2.05) is 12.1 Å². The predicted octanol–water partition coefficient (Wildman–Crippen LogP) is 3.62. The van der Waals surface area contributed by atoms with E-state index in [2.05, 4.69) is 15.5 Å². The van der Waals surface area contributed by atoms with Crippen LogP contribution in [0.3, 0.4) is 0 Å². The van der Waals surface area contributed by atoms with Crippen molar-refractivity contribution in [3.8, 4) is 11.4 Å². The molecule has 3 N–H and O–H groups in total. The fourth-order valence-electron chi connectivity index (χ4n) is 4.54. The number of hydrogen-bond acceptors (Lipinski definition) is 5. The van der Waals surface area contributed by atoms with Gasteiger partial charge < -0.3 is 15.6 Å². The molecule has 0 radical (unpaired) electrons. The van der Waals surface area contributed by atoms with Crippen molar-refractivity contribution in [1.29, 1.82) is 0 Å². The van der Waals surface area contributed by atoms with Crippen molar-refractivity contribution in [2.75, 3.05) is 6.54 Å². The number of hydrogen-bond donors (Lipinski definition) is 2. The van der Waals surface area contributed by atoms with Crippen LogP contribution in [0.2, 0.25) is 5.02 Å². The molecular weight excluding hydrogens is 399 g/mol. The lowest BCUT2D eigenvalue weighted by Gasteiger charge is -2.43. The number of fused-ring (bicyclic) bond motifs is 2. The summed E-state index contributed by atoms with van der Waals surface area (Å²) in [6.07, 6.45) is 5.93. The van der Waals surface area contributed by atoms with Crippen LogP contribution in [0, 0.1) is 17.8 Å². The molecule has 2 bridgehead atoms. The molecule has 2 aliphatic carbocycles. The highest BCUT2D eigenvalue weighted by Crippen LogP contribution is 2.41. The van der Waals surface area contributed by atoms with Gasteiger partial charge in [0, 0.05) is 35.5 Å². The Bertz CT molecular complexity index is 799. The number of amides is 1. The van der Waals surface area contributed by atoms with Gasteiger partial charge in [0.25, 0.3) is 0 Å². The molecule has 2 saturated carbocycles. The number of carbonyl (C=O) groups is 1. The zero-order valence-electron chi connectivity index (χ0n) is 15.6. The number of carbonyl (C=O) groups excluding carboxylic acids is 1. The molecular formula is C20H26Cl2N4O2. The normalized spacial score (nSPS) is 26.4. The number of nitrogens with zero attached hydrogens (tertiary/aromatic N) is 2. The molecule has 2 atom stereocenters. The van der Waals surface area contributed by atoms with Crippen LogP contribution in [0.5, 0.6) is 0 Å². The molecule has 1 amide bonds. The third-order valence-corrected chi connectivity index (χ3v) is 6.21. The van der Waals surface area contributed by atoms with E-state index in [4.69, 9.17) is 21.9 Å². The second kappa shape index (κ2) is 9.25. The molecule has 2 unspecified atom stereocenters. The summed E-state index contributed by atoms with van der Waals surface area (Å²) in [5.41, 5.74) is 7.13. The molecule has 4 rings (SSSR count). The molecule has 0 spiro atoms. The van der Waals surface area contributed by atoms with E-state index in [9.17, 15) is 4.79 Å². The molecule has 2 aromatic rings. The standard InChI is InChI=1S/C20H25ClN4O2.ClH/c21-16-6-2-5-14(11-16)19-24-17(27-25-19)7-8-23-20(26)15-9-12-3-1-4-13(10-15)18(12)22;/h2,5-6,11-13,15,18H,1,3-4,7-10,22H2,(H,23,26);1H. The first-order valence-corrected chi connectivity index (χ1v) is 10.1. The Kier molecular flexibility index (Phi) is 6.96. The summed E-state index contributed by atoms with van der Waals surface area (Å²) >= 11 is 6.00. The fourth-order valence-corrected chi connectivity index (χ4v) is 4.73. The maximum atomic E-state index is 12.6. The lowest BCUT2D eigenvalue weighted by molar-refractivity contribution is -0.127. The second-order valence-corrected chi connectivity index (χ2v) is 8.20. The van der Waals surface area contributed by atoms with Crippen molar-refractivity contribution < 1.29 is 9.32 Å². The third kappa shape index (κ3) is 4.67. The topological polar surface area (TPSA) is 94.0 Å². The quantitative estimate of drug-likeness (QED) is 0.763. The van der Waals surface area contributed by atoms with Gasteiger partial charge >= 0.3 is 0 Å². The van der Waals surface area contributed by atoms with Gasteiger partial charge in [0.05, 0.1) is 0 Å². The number of benzene rings is 1. The van der Waals surface area contributed by atoms with Gasteiger partial charge in [0.2, 0.25) is 17.6 Å². The highest BCUT2D eigenvalue weighted by Gasteiger charge is 2.40. The number of aromatic nitrogens is 2. The van der Waals surface area contributed by atoms with Crippen LogP contribution in [0.1, 0.15) is 38.0 Å². The minimum atomic E-state index is 0. The van der Waals surface area contributed by atoms with Crippen LogP contribution < -0.4 is 11.1 Å². The van der Waals surface area contributed by atoms with E-state index in [-0.39, 0.29) is 30.3 Å². The smallest absolute Gasteiger partial charge is 0.228 e. The molecule has 1 aromatic heterocycles. The predicted molar refractivity (Wildman–Crippen MR) is 110 cm³/mol. The van der Waals surface area contributed by atoms with Crippen molar-refractivity contribution in [3.05, 3.63) is 35.2 Å². The Balaban J connectivity index is 0.00000225. The maximum absolute atomic E-state index is 12.6. The van der Waals surface area contributed by atoms with Gasteiger partial charge in [-0.25, -0.2) is 0 Å². The highest BCUT2D eigenvalue weighted by molar-refractivity contribution is 6.30. The van der Waals surface area contributed by atoms with Crippen molar-refractivity contribution in [3.63, 3.8) is 0 Å². The van der Waals surface area contributed by atoms with Crippen molar-refractivity contribution >= 4 is 29.9 Å². The zero-order chi connectivity index (χ0) is 18.8. The lowest BCUT2D eigenvalue weighted by Crippen LogP contribution is -2.49. The number of nitrogens with one attached hydrogen (secondary N) is 1. The monoisotopic (exact) mass is 424 g/mol. The van der Waals surface area contributed by atoms with Gasteiger partial charge in [-0.05, 0) is 49.7 Å². The van der Waals surface area contributed by atoms with Gasteiger partial charge in [-0.3, -0.25) is 4.79 Å². The largest absolute Gasteiger partial charge is 0.355 e. The van der Waals surface area contributed by atoms with Crippen LogP contribution in [0.4, 0.5) is 0 Å². The summed E-state index contributed by atoms with van der Waals surface area (Å²) in [7, 11) is 0. The fraction of sp³-hybridized carbons (Fsp3) is 0.550. The molecule has 28 heavy (non-hydrogen) atoms. The first-order chi connectivity index (χ1) is 13.1. The van der Waals surface area contributed by atoms with E-state index in [1.165, 1.54) is 6.42 Å². The Morgan fingerprint density at radius 1 is 1.29 bits per heavy atom. The van der Waals surface area contributed by atoms with E-state index in [0.29, 0.717) is 41.5 Å². The average molecular weight is 425 g/mol. The van der Waals surface area contributed by atoms with E-state index >= 15 is 0 Å². The molecule has 2 aliphatic rings. The molecule has 0 saturated heterocycles.